The first-order chi connectivity index (χ1) is 13.5. The number of hydrogen-bond acceptors (Lipinski definition) is 6. The number of alkyl halides is 1. The van der Waals surface area contributed by atoms with Gasteiger partial charge in [0.25, 0.3) is 0 Å². The second-order valence-corrected chi connectivity index (χ2v) is 7.11. The van der Waals surface area contributed by atoms with Crippen LogP contribution in [0.5, 0.6) is 0 Å². The van der Waals surface area contributed by atoms with E-state index in [4.69, 9.17) is 9.57 Å². The molecule has 0 unspecified atom stereocenters. The summed E-state index contributed by atoms with van der Waals surface area (Å²) in [5.41, 5.74) is 1.82. The Kier molecular flexibility index (Phi) is 6.97. The fourth-order valence-corrected chi connectivity index (χ4v) is 3.32. The van der Waals surface area contributed by atoms with Crippen molar-refractivity contribution in [3.8, 4) is 0 Å². The maximum Gasteiger partial charge on any atom is 0.414 e. The summed E-state index contributed by atoms with van der Waals surface area (Å²) in [6.07, 6.45) is -0.910. The average Bonchev–Trinajstić information content (AvgIpc) is 3.07. The summed E-state index contributed by atoms with van der Waals surface area (Å²) in [6.45, 7) is 3.98. The molecule has 0 aliphatic carbocycles. The van der Waals surface area contributed by atoms with Crippen molar-refractivity contribution in [2.75, 3.05) is 69.4 Å². The third-order valence-electron chi connectivity index (χ3n) is 4.90. The summed E-state index contributed by atoms with van der Waals surface area (Å²) in [5, 5.41) is 0.462. The minimum atomic E-state index is -0.526. The number of piperazine rings is 1. The lowest BCUT2D eigenvalue weighted by atomic mass is 10.2. The zero-order chi connectivity index (χ0) is 20.1. The summed E-state index contributed by atoms with van der Waals surface area (Å²) < 4.78 is 17.7. The topological polar surface area (TPSA) is 65.6 Å². The van der Waals surface area contributed by atoms with Crippen LogP contribution in [0.15, 0.2) is 24.3 Å². The van der Waals surface area contributed by atoms with E-state index in [2.05, 4.69) is 22.4 Å². The second-order valence-electron chi connectivity index (χ2n) is 6.73. The molecule has 0 aromatic heterocycles. The number of amides is 2. The van der Waals surface area contributed by atoms with Gasteiger partial charge < -0.3 is 9.64 Å². The van der Waals surface area contributed by atoms with Gasteiger partial charge in [-0.05, 0) is 24.3 Å². The van der Waals surface area contributed by atoms with Gasteiger partial charge in [-0.3, -0.25) is 19.4 Å². The molecule has 1 aromatic rings. The molecule has 2 aliphatic heterocycles. The molecular weight excluding hydrogens is 387 g/mol. The van der Waals surface area contributed by atoms with Crippen LogP contribution in [-0.4, -0.2) is 87.0 Å². The van der Waals surface area contributed by atoms with Crippen LogP contribution in [0.4, 0.5) is 25.4 Å². The van der Waals surface area contributed by atoms with E-state index < -0.39 is 17.4 Å². The van der Waals surface area contributed by atoms with Gasteiger partial charge in [0.2, 0.25) is 0 Å². The van der Waals surface area contributed by atoms with Gasteiger partial charge in [0, 0.05) is 51.1 Å². The van der Waals surface area contributed by atoms with Gasteiger partial charge in [-0.1, -0.05) is 12.6 Å². The van der Waals surface area contributed by atoms with Crippen LogP contribution in [0.25, 0.3) is 0 Å². The van der Waals surface area contributed by atoms with E-state index in [0.717, 1.165) is 42.6 Å². The van der Waals surface area contributed by atoms with Gasteiger partial charge in [-0.2, -0.15) is 0 Å². The highest BCUT2D eigenvalue weighted by Crippen LogP contribution is 2.25. The first-order valence-corrected chi connectivity index (χ1v) is 9.63. The van der Waals surface area contributed by atoms with Crippen molar-refractivity contribution in [3.63, 3.8) is 0 Å². The van der Waals surface area contributed by atoms with Crippen molar-refractivity contribution in [2.45, 2.75) is 6.10 Å². The smallest absolute Gasteiger partial charge is 0.414 e. The van der Waals surface area contributed by atoms with Crippen molar-refractivity contribution in [1.29, 1.82) is 0 Å². The number of benzene rings is 1. The number of cyclic esters (lactones) is 1. The van der Waals surface area contributed by atoms with Crippen molar-refractivity contribution in [3.05, 3.63) is 24.3 Å². The van der Waals surface area contributed by atoms with Crippen LogP contribution in [0.1, 0.15) is 0 Å². The van der Waals surface area contributed by atoms with E-state index in [9.17, 15) is 14.0 Å². The van der Waals surface area contributed by atoms with Gasteiger partial charge in [0.05, 0.1) is 6.54 Å². The molecule has 0 radical (unpaired) electrons. The molecule has 0 saturated carbocycles. The third kappa shape index (κ3) is 5.06. The number of carbonyl (C=O) groups is 2. The molecule has 2 amide bonds. The molecule has 154 valence electrons. The lowest BCUT2D eigenvalue weighted by molar-refractivity contribution is -0.113. The van der Waals surface area contributed by atoms with Gasteiger partial charge >= 0.3 is 11.3 Å². The Morgan fingerprint density at radius 3 is 2.50 bits per heavy atom. The second kappa shape index (κ2) is 9.44. The molecule has 0 N–H and O–H groups in total. The fraction of sp³-hybridized carbons (Fsp3) is 0.556. The largest absolute Gasteiger partial charge is 0.441 e. The summed E-state index contributed by atoms with van der Waals surface area (Å²) in [7, 11) is 1.44. The maximum absolute atomic E-state index is 12.4. The highest BCUT2D eigenvalue weighted by atomic mass is 32.1. The number of nitrogens with zero attached hydrogens (tertiary/aromatic N) is 4. The zero-order valence-corrected chi connectivity index (χ0v) is 16.7. The first-order valence-electron chi connectivity index (χ1n) is 9.19. The normalized spacial score (nSPS) is 20.4. The molecule has 1 aromatic carbocycles. The quantitative estimate of drug-likeness (QED) is 0.546. The lowest BCUT2D eigenvalue weighted by Gasteiger charge is -2.35. The summed E-state index contributed by atoms with van der Waals surface area (Å²) >= 11 is 3.65. The van der Waals surface area contributed by atoms with E-state index >= 15 is 0 Å². The van der Waals surface area contributed by atoms with Crippen molar-refractivity contribution in [1.82, 2.24) is 9.96 Å². The summed E-state index contributed by atoms with van der Waals surface area (Å²) in [4.78, 5) is 34.3. The minimum absolute atomic E-state index is 0.0757. The standard InChI is InChI=1S/C18H25FN4O4S/c1-20(18(25)28)26-13-16-12-23(17(24)27-16)15-4-2-14(3-5-15)22-10-8-21(7-6-19)9-11-22/h2-5,16H,6-13H2,1H3,(H,25,28)/t16-/m0/s1. The highest BCUT2D eigenvalue weighted by Gasteiger charge is 2.33. The van der Waals surface area contributed by atoms with Crippen LogP contribution in [0, 0.1) is 0 Å². The Morgan fingerprint density at radius 2 is 1.89 bits per heavy atom. The molecule has 2 saturated heterocycles. The Hall–Kier alpha value is -2.04. The number of thiol groups is 1. The molecule has 2 aliphatic rings. The molecule has 2 fully saturated rings. The molecule has 1 atom stereocenters. The van der Waals surface area contributed by atoms with Crippen molar-refractivity contribution in [2.24, 2.45) is 0 Å². The number of hydroxylamine groups is 2. The molecule has 10 heteroatoms. The molecule has 8 nitrogen and oxygen atoms in total. The van der Waals surface area contributed by atoms with Crippen LogP contribution in [-0.2, 0) is 9.57 Å². The van der Waals surface area contributed by atoms with E-state index in [1.807, 2.05) is 24.3 Å². The van der Waals surface area contributed by atoms with Crippen LogP contribution >= 0.6 is 12.6 Å². The van der Waals surface area contributed by atoms with E-state index in [1.54, 1.807) is 4.90 Å². The molecule has 0 bridgehead atoms. The monoisotopic (exact) mass is 412 g/mol. The van der Waals surface area contributed by atoms with Crippen molar-refractivity contribution < 1.29 is 23.6 Å². The predicted molar refractivity (Wildman–Crippen MR) is 107 cm³/mol. The van der Waals surface area contributed by atoms with Gasteiger partial charge in [-0.25, -0.2) is 14.2 Å². The number of halogens is 1. The summed E-state index contributed by atoms with van der Waals surface area (Å²) in [5.74, 6) is 0. The van der Waals surface area contributed by atoms with Gasteiger partial charge in [0.15, 0.2) is 0 Å². The SMILES string of the molecule is CN(OC[C@@H]1CN(c2ccc(N3CCN(CCF)CC3)cc2)C(=O)O1)C(=O)S. The van der Waals surface area contributed by atoms with Gasteiger partial charge in [-0.15, -0.1) is 0 Å². The predicted octanol–water partition coefficient (Wildman–Crippen LogP) is 2.02. The number of rotatable bonds is 7. The highest BCUT2D eigenvalue weighted by molar-refractivity contribution is 7.96. The first kappa shape index (κ1) is 20.7. The molecule has 28 heavy (non-hydrogen) atoms. The van der Waals surface area contributed by atoms with Crippen LogP contribution < -0.4 is 9.80 Å². The van der Waals surface area contributed by atoms with E-state index in [1.165, 1.54) is 7.05 Å². The minimum Gasteiger partial charge on any atom is -0.441 e. The Bertz CT molecular complexity index is 685. The van der Waals surface area contributed by atoms with Crippen molar-refractivity contribution >= 4 is 35.3 Å². The van der Waals surface area contributed by atoms with Crippen LogP contribution in [0.3, 0.4) is 0 Å². The number of anilines is 2. The number of hydrogen-bond donors (Lipinski definition) is 1. The Balaban J connectivity index is 1.53. The third-order valence-corrected chi connectivity index (χ3v) is 5.18. The average molecular weight is 412 g/mol. The Labute approximate surface area is 169 Å². The molecule has 0 spiro atoms. The molecule has 2 heterocycles. The Morgan fingerprint density at radius 1 is 1.25 bits per heavy atom. The van der Waals surface area contributed by atoms with Gasteiger partial charge in [0.1, 0.15) is 19.4 Å². The van der Waals surface area contributed by atoms with E-state index in [-0.39, 0.29) is 13.3 Å². The number of carbonyl (C=O) groups excluding carboxylic acids is 2. The maximum atomic E-state index is 12.4. The fourth-order valence-electron chi connectivity index (χ4n) is 3.26. The van der Waals surface area contributed by atoms with Crippen LogP contribution in [0.2, 0.25) is 0 Å². The zero-order valence-electron chi connectivity index (χ0n) is 15.8. The number of ether oxygens (including phenoxy) is 1. The lowest BCUT2D eigenvalue weighted by Crippen LogP contribution is -2.47. The molecule has 3 rings (SSSR count). The van der Waals surface area contributed by atoms with E-state index in [0.29, 0.717) is 13.1 Å². The molecular formula is C18H25FN4O4S. The summed E-state index contributed by atoms with van der Waals surface area (Å²) in [6, 6.07) is 7.73.